The van der Waals surface area contributed by atoms with Gasteiger partial charge in [-0.15, -0.1) is 0 Å². The Morgan fingerprint density at radius 3 is 2.41 bits per heavy atom. The van der Waals surface area contributed by atoms with Gasteiger partial charge in [-0.25, -0.2) is 9.78 Å². The molecule has 1 aliphatic heterocycles. The average molecular weight is 613 g/mol. The molecule has 1 aromatic heterocycles. The van der Waals surface area contributed by atoms with E-state index in [9.17, 15) is 29.6 Å². The number of unbranched alkanes of at least 4 members (excludes halogenated alkanes) is 7. The van der Waals surface area contributed by atoms with Crippen LogP contribution in [0.15, 0.2) is 54.3 Å². The van der Waals surface area contributed by atoms with Crippen molar-refractivity contribution in [2.75, 3.05) is 13.7 Å². The van der Waals surface area contributed by atoms with Gasteiger partial charge in [-0.1, -0.05) is 50.7 Å². The van der Waals surface area contributed by atoms with Crippen molar-refractivity contribution in [3.8, 4) is 0 Å². The molecule has 0 saturated heterocycles. The summed E-state index contributed by atoms with van der Waals surface area (Å²) < 4.78 is 12.6. The fraction of sp³-hybridized carbons (Fsp3) is 0.562. The molecular formula is C32H44N4O8. The minimum absolute atomic E-state index is 0.0676. The second-order valence-electron chi connectivity index (χ2n) is 11.4. The third-order valence-electron chi connectivity index (χ3n) is 8.52. The number of carbonyl (C=O) groups is 3. The summed E-state index contributed by atoms with van der Waals surface area (Å²) in [7, 11) is 1.19. The van der Waals surface area contributed by atoms with Gasteiger partial charge in [-0.3, -0.25) is 19.7 Å². The lowest BCUT2D eigenvalue weighted by molar-refractivity contribution is -0.384. The zero-order chi connectivity index (χ0) is 32.1. The fourth-order valence-electron chi connectivity index (χ4n) is 6.14. The van der Waals surface area contributed by atoms with Crippen LogP contribution in [-0.2, 0) is 30.4 Å². The number of nitro benzene ring substituents is 1. The number of hydrogen-bond acceptors (Lipinski definition) is 9. The number of imidazole rings is 1. The lowest BCUT2D eigenvalue weighted by Crippen LogP contribution is -2.57. The molecule has 0 amide bonds. The summed E-state index contributed by atoms with van der Waals surface area (Å²) in [6.07, 6.45) is 14.1. The van der Waals surface area contributed by atoms with Gasteiger partial charge < -0.3 is 24.5 Å². The number of benzene rings is 1. The number of nitrogens with zero attached hydrogens (tertiary/aromatic N) is 3. The molecule has 2 heterocycles. The Labute approximate surface area is 258 Å². The molecule has 3 unspecified atom stereocenters. The zero-order valence-electron chi connectivity index (χ0n) is 25.8. The number of hydrogen-bond donors (Lipinski definition) is 2. The van der Waals surface area contributed by atoms with E-state index >= 15 is 0 Å². The number of aliphatic carboxylic acids is 1. The number of non-ortho nitro benzene ring substituents is 1. The maximum Gasteiger partial charge on any atom is 0.336 e. The standard InChI is InChI=1S/C32H44N4O8/c1-23-28(30(38)43-3)29(25-13-12-14-26(21-25)36(41)42)32(31(39)40,24(2)34-23)16-20-44-27(37)15-10-8-6-4-5-7-9-11-18-35-19-17-33-22-35/h12-14,17,19,21-22,24,29,34H,4-11,15-16,18,20H2,1-3H3,(H,39,40). The first-order chi connectivity index (χ1) is 21.1. The minimum atomic E-state index is -1.67. The Morgan fingerprint density at radius 1 is 1.11 bits per heavy atom. The van der Waals surface area contributed by atoms with Crippen molar-refractivity contribution in [2.24, 2.45) is 5.41 Å². The zero-order valence-corrected chi connectivity index (χ0v) is 25.8. The second-order valence-corrected chi connectivity index (χ2v) is 11.4. The molecule has 2 aromatic rings. The fourth-order valence-corrected chi connectivity index (χ4v) is 6.14. The number of carbonyl (C=O) groups excluding carboxylic acids is 2. The van der Waals surface area contributed by atoms with Gasteiger partial charge in [0.2, 0.25) is 0 Å². The number of ether oxygens (including phenoxy) is 2. The highest BCUT2D eigenvalue weighted by Gasteiger charge is 2.56. The van der Waals surface area contributed by atoms with Gasteiger partial charge in [0.1, 0.15) is 5.41 Å². The molecule has 12 heteroatoms. The third-order valence-corrected chi connectivity index (χ3v) is 8.52. The summed E-state index contributed by atoms with van der Waals surface area (Å²) in [6.45, 7) is 4.12. The van der Waals surface area contributed by atoms with Crippen LogP contribution in [0.5, 0.6) is 0 Å². The Kier molecular flexibility index (Phi) is 12.9. The predicted octanol–water partition coefficient (Wildman–Crippen LogP) is 5.53. The molecule has 12 nitrogen and oxygen atoms in total. The minimum Gasteiger partial charge on any atom is -0.481 e. The maximum atomic E-state index is 13.0. The van der Waals surface area contributed by atoms with Gasteiger partial charge in [-0.2, -0.15) is 0 Å². The van der Waals surface area contributed by atoms with E-state index in [0.717, 1.165) is 38.6 Å². The first kappa shape index (κ1) is 34.3. The Balaban J connectivity index is 1.56. The number of carboxylic acid groups (broad SMARTS) is 1. The van der Waals surface area contributed by atoms with E-state index in [-0.39, 0.29) is 30.7 Å². The largest absolute Gasteiger partial charge is 0.481 e. The third kappa shape index (κ3) is 8.67. The number of aromatic nitrogens is 2. The molecule has 0 bridgehead atoms. The van der Waals surface area contributed by atoms with Crippen LogP contribution in [0.25, 0.3) is 0 Å². The van der Waals surface area contributed by atoms with Crippen LogP contribution in [0.4, 0.5) is 5.69 Å². The molecule has 0 saturated carbocycles. The number of methoxy groups -OCH3 is 1. The van der Waals surface area contributed by atoms with E-state index in [1.165, 1.54) is 38.2 Å². The first-order valence-corrected chi connectivity index (χ1v) is 15.3. The van der Waals surface area contributed by atoms with Crippen molar-refractivity contribution in [1.82, 2.24) is 14.9 Å². The van der Waals surface area contributed by atoms with Gasteiger partial charge in [-0.05, 0) is 32.3 Å². The number of carboxylic acids is 1. The average Bonchev–Trinajstić information content (AvgIpc) is 3.52. The number of aryl methyl sites for hydroxylation is 1. The molecule has 44 heavy (non-hydrogen) atoms. The number of esters is 2. The summed E-state index contributed by atoms with van der Waals surface area (Å²) in [4.78, 5) is 53.5. The Hall–Kier alpha value is -4.22. The molecule has 240 valence electrons. The summed E-state index contributed by atoms with van der Waals surface area (Å²) >= 11 is 0. The van der Waals surface area contributed by atoms with Gasteiger partial charge in [0.15, 0.2) is 0 Å². The van der Waals surface area contributed by atoms with Crippen molar-refractivity contribution >= 4 is 23.6 Å². The lowest BCUT2D eigenvalue weighted by Gasteiger charge is -2.47. The van der Waals surface area contributed by atoms with Crippen LogP contribution >= 0.6 is 0 Å². The highest BCUT2D eigenvalue weighted by atomic mass is 16.6. The lowest BCUT2D eigenvalue weighted by atomic mass is 9.60. The molecule has 2 N–H and O–H groups in total. The highest BCUT2D eigenvalue weighted by Crippen LogP contribution is 2.51. The van der Waals surface area contributed by atoms with Crippen molar-refractivity contribution in [3.05, 3.63) is 69.9 Å². The number of rotatable bonds is 18. The van der Waals surface area contributed by atoms with Crippen molar-refractivity contribution in [2.45, 2.75) is 96.6 Å². The molecule has 0 aliphatic carbocycles. The number of allylic oxidation sites excluding steroid dienone is 1. The monoisotopic (exact) mass is 612 g/mol. The van der Waals surface area contributed by atoms with Crippen LogP contribution < -0.4 is 5.32 Å². The maximum absolute atomic E-state index is 13.0. The van der Waals surface area contributed by atoms with E-state index in [0.29, 0.717) is 17.7 Å². The van der Waals surface area contributed by atoms with Crippen LogP contribution in [-0.4, -0.2) is 57.2 Å². The van der Waals surface area contributed by atoms with Crippen molar-refractivity contribution in [1.29, 1.82) is 0 Å². The Morgan fingerprint density at radius 2 is 1.80 bits per heavy atom. The van der Waals surface area contributed by atoms with Gasteiger partial charge in [0.25, 0.3) is 5.69 Å². The van der Waals surface area contributed by atoms with Gasteiger partial charge >= 0.3 is 17.9 Å². The number of nitrogens with one attached hydrogen (secondary N) is 1. The topological polar surface area (TPSA) is 163 Å². The van der Waals surface area contributed by atoms with Crippen LogP contribution in [0.3, 0.4) is 0 Å². The normalized spacial score (nSPS) is 19.7. The van der Waals surface area contributed by atoms with Gasteiger partial charge in [0, 0.05) is 61.6 Å². The SMILES string of the molecule is COC(=O)C1=C(C)NC(C)C(CCOC(=O)CCCCCCCCCCn2ccnc2)(C(=O)O)C1c1cccc([N+](=O)[O-])c1. The van der Waals surface area contributed by atoms with Crippen molar-refractivity contribution < 1.29 is 33.9 Å². The summed E-state index contributed by atoms with van der Waals surface area (Å²) in [5.41, 5.74) is -1.12. The smallest absolute Gasteiger partial charge is 0.336 e. The summed E-state index contributed by atoms with van der Waals surface area (Å²) in [5, 5.41) is 25.3. The van der Waals surface area contributed by atoms with E-state index in [2.05, 4.69) is 14.9 Å². The molecule has 1 aliphatic rings. The quantitative estimate of drug-likeness (QED) is 0.0947. The Bertz CT molecular complexity index is 1310. The molecule has 3 atom stereocenters. The van der Waals surface area contributed by atoms with Crippen LogP contribution in [0, 0.1) is 15.5 Å². The van der Waals surface area contributed by atoms with E-state index in [1.807, 2.05) is 12.5 Å². The van der Waals surface area contributed by atoms with Crippen LogP contribution in [0.1, 0.15) is 89.5 Å². The predicted molar refractivity (Wildman–Crippen MR) is 163 cm³/mol. The molecule has 0 fully saturated rings. The molecule has 0 radical (unpaired) electrons. The molecule has 0 spiro atoms. The molecular weight excluding hydrogens is 568 g/mol. The van der Waals surface area contributed by atoms with Gasteiger partial charge in [0.05, 0.1) is 30.5 Å². The van der Waals surface area contributed by atoms with Crippen LogP contribution in [0.2, 0.25) is 0 Å². The summed E-state index contributed by atoms with van der Waals surface area (Å²) in [6, 6.07) is 4.90. The first-order valence-electron chi connectivity index (χ1n) is 15.3. The molecule has 1 aromatic carbocycles. The van der Waals surface area contributed by atoms with E-state index in [1.54, 1.807) is 26.1 Å². The summed E-state index contributed by atoms with van der Waals surface area (Å²) in [5.74, 6) is -3.46. The number of nitro groups is 1. The second kappa shape index (κ2) is 16.6. The molecule has 3 rings (SSSR count). The highest BCUT2D eigenvalue weighted by molar-refractivity contribution is 5.94. The van der Waals surface area contributed by atoms with Crippen molar-refractivity contribution in [3.63, 3.8) is 0 Å². The van der Waals surface area contributed by atoms with E-state index < -0.39 is 40.2 Å². The van der Waals surface area contributed by atoms with E-state index in [4.69, 9.17) is 9.47 Å².